The Morgan fingerprint density at radius 3 is 2.27 bits per heavy atom. The Bertz CT molecular complexity index is 803. The number of hydrogen-bond donors (Lipinski definition) is 1. The number of benzene rings is 3. The molecule has 2 nitrogen and oxygen atoms in total. The third kappa shape index (κ3) is 2.29. The average Bonchev–Trinajstić information content (AvgIpc) is 2.61. The average molecular weight is 290 g/mol. The first-order chi connectivity index (χ1) is 10.8. The van der Waals surface area contributed by atoms with Crippen LogP contribution >= 0.6 is 0 Å². The summed E-state index contributed by atoms with van der Waals surface area (Å²) in [7, 11) is 0. The van der Waals surface area contributed by atoms with Crippen LogP contribution in [0.4, 0.5) is 0 Å². The lowest BCUT2D eigenvalue weighted by atomic mass is 9.93. The van der Waals surface area contributed by atoms with Crippen LogP contribution in [0.25, 0.3) is 21.5 Å². The van der Waals surface area contributed by atoms with Gasteiger partial charge in [-0.25, -0.2) is 0 Å². The van der Waals surface area contributed by atoms with Gasteiger partial charge >= 0.3 is 0 Å². The first-order valence-electron chi connectivity index (χ1n) is 8.20. The van der Waals surface area contributed by atoms with Gasteiger partial charge in [0.25, 0.3) is 0 Å². The highest BCUT2D eigenvalue weighted by Crippen LogP contribution is 2.34. The van der Waals surface area contributed by atoms with E-state index < -0.39 is 0 Å². The van der Waals surface area contributed by atoms with Crippen LogP contribution < -0.4 is 5.32 Å². The van der Waals surface area contributed by atoms with Crippen molar-refractivity contribution in [2.24, 2.45) is 0 Å². The quantitative estimate of drug-likeness (QED) is 0.719. The standard InChI is InChI=1S/C20H22N2/c1-15(22-12-10-21-11-13-22)20-14-16-6-2-3-7-17(16)18-8-4-5-9-19(18)20/h2-9,14-15,21H,10-13H2,1H3/t15-/m1/s1. The molecule has 0 saturated carbocycles. The molecule has 1 N–H and O–H groups in total. The molecule has 0 spiro atoms. The zero-order valence-corrected chi connectivity index (χ0v) is 13.0. The van der Waals surface area contributed by atoms with E-state index in [2.05, 4.69) is 71.7 Å². The lowest BCUT2D eigenvalue weighted by Crippen LogP contribution is -2.44. The van der Waals surface area contributed by atoms with Crippen molar-refractivity contribution in [3.63, 3.8) is 0 Å². The van der Waals surface area contributed by atoms with Gasteiger partial charge in [0, 0.05) is 32.2 Å². The third-order valence-electron chi connectivity index (χ3n) is 4.95. The SMILES string of the molecule is C[C@H](c1cc2ccccc2c2ccccc12)N1CCNCC1. The van der Waals surface area contributed by atoms with Crippen molar-refractivity contribution in [2.45, 2.75) is 13.0 Å². The molecule has 0 unspecified atom stereocenters. The monoisotopic (exact) mass is 290 g/mol. The van der Waals surface area contributed by atoms with Crippen LogP contribution in [0.2, 0.25) is 0 Å². The Kier molecular flexibility index (Phi) is 3.57. The van der Waals surface area contributed by atoms with Crippen LogP contribution in [0.5, 0.6) is 0 Å². The molecule has 0 aromatic heterocycles. The van der Waals surface area contributed by atoms with Gasteiger partial charge in [-0.2, -0.15) is 0 Å². The topological polar surface area (TPSA) is 15.3 Å². The van der Waals surface area contributed by atoms with Crippen LogP contribution in [0, 0.1) is 0 Å². The maximum Gasteiger partial charge on any atom is 0.0327 e. The van der Waals surface area contributed by atoms with Gasteiger partial charge < -0.3 is 5.32 Å². The number of hydrogen-bond acceptors (Lipinski definition) is 2. The molecule has 3 aromatic rings. The summed E-state index contributed by atoms with van der Waals surface area (Å²) in [6.45, 7) is 6.79. The fraction of sp³-hybridized carbons (Fsp3) is 0.300. The van der Waals surface area contributed by atoms with E-state index >= 15 is 0 Å². The summed E-state index contributed by atoms with van der Waals surface area (Å²) in [6.07, 6.45) is 0. The predicted octanol–water partition coefficient (Wildman–Crippen LogP) is 3.96. The van der Waals surface area contributed by atoms with Crippen LogP contribution in [0.3, 0.4) is 0 Å². The minimum atomic E-state index is 0.455. The Labute approximate surface area is 131 Å². The summed E-state index contributed by atoms with van der Waals surface area (Å²) in [5.41, 5.74) is 1.45. The van der Waals surface area contributed by atoms with Crippen molar-refractivity contribution < 1.29 is 0 Å². The predicted molar refractivity (Wildman–Crippen MR) is 94.3 cm³/mol. The van der Waals surface area contributed by atoms with E-state index in [1.165, 1.54) is 27.1 Å². The zero-order chi connectivity index (χ0) is 14.9. The van der Waals surface area contributed by atoms with Gasteiger partial charge in [-0.05, 0) is 40.1 Å². The smallest absolute Gasteiger partial charge is 0.0327 e. The molecule has 0 aliphatic carbocycles. The second kappa shape index (κ2) is 5.71. The lowest BCUT2D eigenvalue weighted by molar-refractivity contribution is 0.186. The van der Waals surface area contributed by atoms with Gasteiger partial charge in [-0.1, -0.05) is 48.5 Å². The van der Waals surface area contributed by atoms with E-state index in [0.29, 0.717) is 6.04 Å². The molecule has 0 bridgehead atoms. The minimum absolute atomic E-state index is 0.455. The van der Waals surface area contributed by atoms with E-state index in [4.69, 9.17) is 0 Å². The van der Waals surface area contributed by atoms with Gasteiger partial charge in [0.15, 0.2) is 0 Å². The summed E-state index contributed by atoms with van der Waals surface area (Å²) in [5, 5.41) is 8.92. The molecular weight excluding hydrogens is 268 g/mol. The maximum atomic E-state index is 3.45. The first kappa shape index (κ1) is 13.7. The van der Waals surface area contributed by atoms with Crippen LogP contribution in [-0.2, 0) is 0 Å². The van der Waals surface area contributed by atoms with E-state index in [0.717, 1.165) is 26.2 Å². The Balaban J connectivity index is 1.91. The molecule has 0 radical (unpaired) electrons. The highest BCUT2D eigenvalue weighted by molar-refractivity contribution is 6.09. The Morgan fingerprint density at radius 2 is 1.50 bits per heavy atom. The molecule has 0 amide bonds. The summed E-state index contributed by atoms with van der Waals surface area (Å²) >= 11 is 0. The lowest BCUT2D eigenvalue weighted by Gasteiger charge is -2.33. The highest BCUT2D eigenvalue weighted by Gasteiger charge is 2.20. The molecular formula is C20H22N2. The van der Waals surface area contributed by atoms with E-state index in [-0.39, 0.29) is 0 Å². The summed E-state index contributed by atoms with van der Waals surface area (Å²) < 4.78 is 0. The molecule has 4 rings (SSSR count). The molecule has 1 aliphatic heterocycles. The van der Waals surface area contributed by atoms with Gasteiger partial charge in [0.05, 0.1) is 0 Å². The van der Waals surface area contributed by atoms with Crippen LogP contribution in [-0.4, -0.2) is 31.1 Å². The van der Waals surface area contributed by atoms with Crippen molar-refractivity contribution in [1.29, 1.82) is 0 Å². The van der Waals surface area contributed by atoms with Crippen molar-refractivity contribution in [2.75, 3.05) is 26.2 Å². The van der Waals surface area contributed by atoms with Crippen molar-refractivity contribution in [1.82, 2.24) is 10.2 Å². The molecule has 112 valence electrons. The number of nitrogens with zero attached hydrogens (tertiary/aromatic N) is 1. The summed E-state index contributed by atoms with van der Waals surface area (Å²) in [5.74, 6) is 0. The number of nitrogens with one attached hydrogen (secondary N) is 1. The maximum absolute atomic E-state index is 3.45. The van der Waals surface area contributed by atoms with Gasteiger partial charge in [-0.3, -0.25) is 4.90 Å². The fourth-order valence-electron chi connectivity index (χ4n) is 3.69. The van der Waals surface area contributed by atoms with Gasteiger partial charge in [-0.15, -0.1) is 0 Å². The molecule has 1 aliphatic rings. The second-order valence-corrected chi connectivity index (χ2v) is 6.19. The first-order valence-corrected chi connectivity index (χ1v) is 8.20. The van der Waals surface area contributed by atoms with E-state index in [9.17, 15) is 0 Å². The molecule has 22 heavy (non-hydrogen) atoms. The second-order valence-electron chi connectivity index (χ2n) is 6.19. The number of piperazine rings is 1. The van der Waals surface area contributed by atoms with E-state index in [1.807, 2.05) is 0 Å². The molecule has 3 aromatic carbocycles. The summed E-state index contributed by atoms with van der Waals surface area (Å²) in [6, 6.07) is 20.4. The fourth-order valence-corrected chi connectivity index (χ4v) is 3.69. The number of fused-ring (bicyclic) bond motifs is 3. The van der Waals surface area contributed by atoms with Crippen LogP contribution in [0.15, 0.2) is 54.6 Å². The van der Waals surface area contributed by atoms with Crippen molar-refractivity contribution >= 4 is 21.5 Å². The van der Waals surface area contributed by atoms with Crippen LogP contribution in [0.1, 0.15) is 18.5 Å². The highest BCUT2D eigenvalue weighted by atomic mass is 15.2. The van der Waals surface area contributed by atoms with E-state index in [1.54, 1.807) is 0 Å². The molecule has 1 fully saturated rings. The van der Waals surface area contributed by atoms with Crippen molar-refractivity contribution in [3.8, 4) is 0 Å². The van der Waals surface area contributed by atoms with Crippen molar-refractivity contribution in [3.05, 3.63) is 60.2 Å². The largest absolute Gasteiger partial charge is 0.314 e. The minimum Gasteiger partial charge on any atom is -0.314 e. The third-order valence-corrected chi connectivity index (χ3v) is 4.95. The van der Waals surface area contributed by atoms with Gasteiger partial charge in [0.2, 0.25) is 0 Å². The van der Waals surface area contributed by atoms with Gasteiger partial charge in [0.1, 0.15) is 0 Å². The summed E-state index contributed by atoms with van der Waals surface area (Å²) in [4.78, 5) is 2.59. The molecule has 2 heteroatoms. The number of rotatable bonds is 2. The zero-order valence-electron chi connectivity index (χ0n) is 13.0. The molecule has 1 saturated heterocycles. The normalized spacial score (nSPS) is 17.9. The molecule has 1 heterocycles. The Hall–Kier alpha value is -1.90. The Morgan fingerprint density at radius 1 is 0.864 bits per heavy atom. The molecule has 1 atom stereocenters.